The van der Waals surface area contributed by atoms with Crippen molar-refractivity contribution in [2.75, 3.05) is 12.1 Å². The number of rotatable bonds is 3. The minimum atomic E-state index is -1.16. The first-order valence-corrected chi connectivity index (χ1v) is 4.89. The molecule has 88 valence electrons. The average Bonchev–Trinajstić information content (AvgIpc) is 2.68. The van der Waals surface area contributed by atoms with Crippen LogP contribution in [0, 0.1) is 0 Å². The molecule has 0 fully saturated rings. The fourth-order valence-electron chi connectivity index (χ4n) is 1.61. The van der Waals surface area contributed by atoms with E-state index < -0.39 is 18.5 Å². The Balaban J connectivity index is 2.59. The normalized spacial score (nSPS) is 10.4. The zero-order valence-electron chi connectivity index (χ0n) is 8.81. The van der Waals surface area contributed by atoms with Gasteiger partial charge in [0.1, 0.15) is 5.69 Å². The Morgan fingerprint density at radius 1 is 1.35 bits per heavy atom. The molecule has 0 unspecified atom stereocenters. The van der Waals surface area contributed by atoms with Gasteiger partial charge in [0.25, 0.3) is 11.8 Å². The maximum atomic E-state index is 12.2. The summed E-state index contributed by atoms with van der Waals surface area (Å²) in [7, 11) is 0. The molecule has 2 amide bonds. The Hall–Kier alpha value is -2.37. The maximum absolute atomic E-state index is 12.2. The number of hydrogen-bond acceptors (Lipinski definition) is 2. The van der Waals surface area contributed by atoms with Crippen molar-refractivity contribution in [2.24, 2.45) is 5.73 Å². The number of para-hydroxylation sites is 1. The number of alkyl halides is 1. The fraction of sp³-hybridized carbons (Fsp3) is 0.0909. The molecule has 1 heterocycles. The number of carbonyl (C=O) groups is 2. The molecule has 2 rings (SSSR count). The number of nitrogens with two attached hydrogens (primary N) is 1. The van der Waals surface area contributed by atoms with Crippen LogP contribution in [0.1, 0.15) is 10.5 Å². The van der Waals surface area contributed by atoms with Gasteiger partial charge in [-0.05, 0) is 12.1 Å². The van der Waals surface area contributed by atoms with Gasteiger partial charge in [0, 0.05) is 5.39 Å². The number of amides is 2. The molecule has 0 radical (unpaired) electrons. The van der Waals surface area contributed by atoms with Crippen LogP contribution in [0.15, 0.2) is 30.3 Å². The van der Waals surface area contributed by atoms with Gasteiger partial charge in [-0.1, -0.05) is 18.2 Å². The van der Waals surface area contributed by atoms with Crippen molar-refractivity contribution < 1.29 is 14.0 Å². The van der Waals surface area contributed by atoms with Gasteiger partial charge in [-0.25, -0.2) is 9.07 Å². The molecule has 0 bridgehead atoms. The summed E-state index contributed by atoms with van der Waals surface area (Å²) < 4.78 is 13.4. The molecule has 0 spiro atoms. The van der Waals surface area contributed by atoms with Crippen LogP contribution in [-0.4, -0.2) is 23.2 Å². The van der Waals surface area contributed by atoms with Crippen molar-refractivity contribution in [3.8, 4) is 0 Å². The van der Waals surface area contributed by atoms with Gasteiger partial charge in [0.2, 0.25) is 0 Å². The number of aromatic nitrogens is 1. The second-order valence-corrected chi connectivity index (χ2v) is 3.46. The number of primary amides is 1. The third kappa shape index (κ3) is 1.96. The van der Waals surface area contributed by atoms with E-state index in [0.717, 1.165) is 5.39 Å². The van der Waals surface area contributed by atoms with Crippen molar-refractivity contribution in [1.29, 1.82) is 0 Å². The average molecular weight is 235 g/mol. The van der Waals surface area contributed by atoms with E-state index in [9.17, 15) is 14.0 Å². The van der Waals surface area contributed by atoms with Gasteiger partial charge in [0.05, 0.1) is 5.52 Å². The van der Waals surface area contributed by atoms with Gasteiger partial charge in [0.15, 0.2) is 6.67 Å². The van der Waals surface area contributed by atoms with Crippen LogP contribution >= 0.6 is 0 Å². The number of nitrogens with zero attached hydrogens (tertiary/aromatic N) is 1. The lowest BCUT2D eigenvalue weighted by molar-refractivity contribution is -0.117. The summed E-state index contributed by atoms with van der Waals surface area (Å²) in [6, 6.07) is 8.52. The zero-order valence-corrected chi connectivity index (χ0v) is 8.81. The topological polar surface area (TPSA) is 77.1 Å². The first-order valence-electron chi connectivity index (χ1n) is 4.89. The van der Waals surface area contributed by atoms with E-state index in [1.165, 1.54) is 10.7 Å². The Morgan fingerprint density at radius 2 is 2.06 bits per heavy atom. The summed E-state index contributed by atoms with van der Waals surface area (Å²) in [4.78, 5) is 22.3. The Bertz CT molecular complexity index is 591. The van der Waals surface area contributed by atoms with Crippen LogP contribution in [0.25, 0.3) is 10.9 Å². The summed E-state index contributed by atoms with van der Waals surface area (Å²) in [5, 5.41) is 0.737. The number of nitrogens with one attached hydrogen (secondary N) is 1. The second-order valence-electron chi connectivity index (χ2n) is 3.46. The van der Waals surface area contributed by atoms with Crippen molar-refractivity contribution in [2.45, 2.75) is 0 Å². The largest absolute Gasteiger partial charge is 0.364 e. The molecule has 0 aliphatic heterocycles. The van der Waals surface area contributed by atoms with Crippen molar-refractivity contribution in [3.05, 3.63) is 36.0 Å². The first-order chi connectivity index (χ1) is 8.13. The summed E-state index contributed by atoms with van der Waals surface area (Å²) in [5.74, 6) is -1.53. The molecule has 0 aliphatic carbocycles. The molecule has 1 aromatic carbocycles. The highest BCUT2D eigenvalue weighted by Gasteiger charge is 2.14. The highest BCUT2D eigenvalue weighted by molar-refractivity contribution is 5.99. The first kappa shape index (κ1) is 11.1. The standard InChI is InChI=1S/C11H10FN3O2/c12-6-10(16)14-15-8-4-2-1-3-7(8)5-9(15)11(13)17/h1-5H,6H2,(H2,13,17)(H,14,16). The monoisotopic (exact) mass is 235 g/mol. The molecule has 0 aliphatic rings. The van der Waals surface area contributed by atoms with Crippen LogP contribution in [-0.2, 0) is 4.79 Å². The summed E-state index contributed by atoms with van der Waals surface area (Å²) in [6.45, 7) is -1.16. The fourth-order valence-corrected chi connectivity index (χ4v) is 1.61. The summed E-state index contributed by atoms with van der Waals surface area (Å²) >= 11 is 0. The lowest BCUT2D eigenvalue weighted by atomic mass is 10.2. The van der Waals surface area contributed by atoms with Crippen molar-refractivity contribution in [1.82, 2.24) is 4.68 Å². The molecule has 2 aromatic rings. The predicted octanol–water partition coefficient (Wildman–Crippen LogP) is 0.780. The minimum absolute atomic E-state index is 0.105. The SMILES string of the molecule is NC(=O)c1cc2ccccc2n1NC(=O)CF. The van der Waals surface area contributed by atoms with E-state index in [1.54, 1.807) is 24.3 Å². The van der Waals surface area contributed by atoms with Crippen molar-refractivity contribution in [3.63, 3.8) is 0 Å². The van der Waals surface area contributed by atoms with E-state index in [2.05, 4.69) is 5.43 Å². The van der Waals surface area contributed by atoms with Crippen LogP contribution < -0.4 is 11.2 Å². The number of carbonyl (C=O) groups excluding carboxylic acids is 2. The maximum Gasteiger partial charge on any atom is 0.270 e. The molecule has 3 N–H and O–H groups in total. The van der Waals surface area contributed by atoms with Gasteiger partial charge in [-0.3, -0.25) is 15.0 Å². The lowest BCUT2D eigenvalue weighted by Crippen LogP contribution is -2.28. The zero-order chi connectivity index (χ0) is 12.4. The third-order valence-corrected chi connectivity index (χ3v) is 2.32. The molecular formula is C11H10FN3O2. The molecule has 1 aromatic heterocycles. The second kappa shape index (κ2) is 4.25. The quantitative estimate of drug-likeness (QED) is 0.824. The number of fused-ring (bicyclic) bond motifs is 1. The number of halogens is 1. The van der Waals surface area contributed by atoms with Crippen molar-refractivity contribution >= 4 is 22.7 Å². The van der Waals surface area contributed by atoms with Crippen LogP contribution in [0.3, 0.4) is 0 Å². The molecule has 6 heteroatoms. The van der Waals surface area contributed by atoms with Crippen LogP contribution in [0.5, 0.6) is 0 Å². The third-order valence-electron chi connectivity index (χ3n) is 2.32. The highest BCUT2D eigenvalue weighted by atomic mass is 19.1. The van der Waals surface area contributed by atoms with Gasteiger partial charge in [-0.15, -0.1) is 0 Å². The summed E-state index contributed by atoms with van der Waals surface area (Å²) in [5.41, 5.74) is 8.15. The van der Waals surface area contributed by atoms with E-state index in [0.29, 0.717) is 5.52 Å². The highest BCUT2D eigenvalue weighted by Crippen LogP contribution is 2.17. The summed E-state index contributed by atoms with van der Waals surface area (Å²) in [6.07, 6.45) is 0. The Kier molecular flexibility index (Phi) is 2.78. The molecular weight excluding hydrogens is 225 g/mol. The molecule has 0 atom stereocenters. The van der Waals surface area contributed by atoms with E-state index in [1.807, 2.05) is 0 Å². The van der Waals surface area contributed by atoms with Gasteiger partial charge >= 0.3 is 0 Å². The smallest absolute Gasteiger partial charge is 0.270 e. The van der Waals surface area contributed by atoms with Gasteiger partial charge < -0.3 is 5.73 Å². The molecule has 0 saturated heterocycles. The van der Waals surface area contributed by atoms with Crippen LogP contribution in [0.4, 0.5) is 4.39 Å². The van der Waals surface area contributed by atoms with E-state index in [-0.39, 0.29) is 5.69 Å². The predicted molar refractivity (Wildman–Crippen MR) is 60.8 cm³/mol. The Morgan fingerprint density at radius 3 is 2.71 bits per heavy atom. The van der Waals surface area contributed by atoms with Crippen LogP contribution in [0.2, 0.25) is 0 Å². The molecule has 5 nitrogen and oxygen atoms in total. The number of hydrogen-bond donors (Lipinski definition) is 2. The molecule has 17 heavy (non-hydrogen) atoms. The van der Waals surface area contributed by atoms with E-state index >= 15 is 0 Å². The lowest BCUT2D eigenvalue weighted by Gasteiger charge is -2.08. The number of benzene rings is 1. The minimum Gasteiger partial charge on any atom is -0.364 e. The van der Waals surface area contributed by atoms with E-state index in [4.69, 9.17) is 5.73 Å². The van der Waals surface area contributed by atoms with Gasteiger partial charge in [-0.2, -0.15) is 0 Å². The molecule has 0 saturated carbocycles. The Labute approximate surface area is 96.0 Å².